The van der Waals surface area contributed by atoms with E-state index in [1.54, 1.807) is 24.3 Å². The van der Waals surface area contributed by atoms with E-state index in [0.29, 0.717) is 4.88 Å². The molecule has 130 valence electrons. The molecule has 0 bridgehead atoms. The van der Waals surface area contributed by atoms with Gasteiger partial charge in [-0.25, -0.2) is 0 Å². The summed E-state index contributed by atoms with van der Waals surface area (Å²) in [6.07, 6.45) is -1.25. The third kappa shape index (κ3) is 2.39. The van der Waals surface area contributed by atoms with E-state index in [2.05, 4.69) is 15.9 Å². The largest absolute Gasteiger partial charge is 0.507 e. The molecule has 1 aromatic heterocycles. The van der Waals surface area contributed by atoms with Crippen molar-refractivity contribution in [2.24, 2.45) is 0 Å². The Morgan fingerprint density at radius 3 is 2.12 bits per heavy atom. The Bertz CT molecular complexity index is 1090. The lowest BCUT2D eigenvalue weighted by Crippen LogP contribution is -2.22. The number of halogens is 1. The van der Waals surface area contributed by atoms with Crippen LogP contribution in [-0.4, -0.2) is 26.9 Å². The van der Waals surface area contributed by atoms with Gasteiger partial charge >= 0.3 is 0 Å². The van der Waals surface area contributed by atoms with Crippen molar-refractivity contribution >= 4 is 38.8 Å². The lowest BCUT2D eigenvalue weighted by Gasteiger charge is -2.22. The standard InChI is InChI=1S/C19H11BrO5S/c20-13-6-5-12(26-13)16(22)10-7-11(21)14-15(19(10)25)18(24)9-4-2-1-3-8(9)17(14)23/h1-7,16,21-22,25H. The second kappa shape index (κ2) is 6.05. The van der Waals surface area contributed by atoms with E-state index in [-0.39, 0.29) is 27.8 Å². The molecule has 2 aromatic carbocycles. The summed E-state index contributed by atoms with van der Waals surface area (Å²) in [5.41, 5.74) is -0.218. The minimum Gasteiger partial charge on any atom is -0.507 e. The Morgan fingerprint density at radius 1 is 0.923 bits per heavy atom. The Labute approximate surface area is 160 Å². The molecule has 0 fully saturated rings. The van der Waals surface area contributed by atoms with Crippen LogP contribution < -0.4 is 0 Å². The molecule has 7 heteroatoms. The van der Waals surface area contributed by atoms with E-state index in [1.165, 1.54) is 23.5 Å². The summed E-state index contributed by atoms with van der Waals surface area (Å²) in [4.78, 5) is 26.0. The van der Waals surface area contributed by atoms with Crippen LogP contribution in [0.1, 0.15) is 48.4 Å². The topological polar surface area (TPSA) is 94.8 Å². The fourth-order valence-corrected chi connectivity index (χ4v) is 4.54. The van der Waals surface area contributed by atoms with E-state index >= 15 is 0 Å². The fourth-order valence-electron chi connectivity index (χ4n) is 3.11. The maximum atomic E-state index is 12.8. The number of thiophene rings is 1. The van der Waals surface area contributed by atoms with Crippen LogP contribution in [0.4, 0.5) is 0 Å². The lowest BCUT2D eigenvalue weighted by atomic mass is 9.81. The van der Waals surface area contributed by atoms with Crippen LogP contribution in [0.2, 0.25) is 0 Å². The van der Waals surface area contributed by atoms with Gasteiger partial charge in [0.15, 0.2) is 11.6 Å². The summed E-state index contributed by atoms with van der Waals surface area (Å²) in [6.45, 7) is 0. The third-order valence-corrected chi connectivity index (χ3v) is 6.01. The normalized spacial score (nSPS) is 14.1. The van der Waals surface area contributed by atoms with Gasteiger partial charge in [-0.1, -0.05) is 24.3 Å². The van der Waals surface area contributed by atoms with Crippen molar-refractivity contribution in [1.82, 2.24) is 0 Å². The summed E-state index contributed by atoms with van der Waals surface area (Å²) in [5.74, 6) is -2.05. The van der Waals surface area contributed by atoms with Crippen LogP contribution in [0, 0.1) is 0 Å². The molecule has 5 nitrogen and oxygen atoms in total. The van der Waals surface area contributed by atoms with E-state index < -0.39 is 29.2 Å². The Balaban J connectivity index is 1.94. The van der Waals surface area contributed by atoms with Crippen molar-refractivity contribution in [2.75, 3.05) is 0 Å². The minimum absolute atomic E-state index is 0.0314. The molecule has 0 saturated heterocycles. The van der Waals surface area contributed by atoms with Gasteiger partial charge in [0, 0.05) is 21.6 Å². The van der Waals surface area contributed by atoms with Crippen LogP contribution >= 0.6 is 27.3 Å². The Kier molecular flexibility index (Phi) is 3.95. The van der Waals surface area contributed by atoms with Crippen LogP contribution in [0.25, 0.3) is 0 Å². The molecule has 3 N–H and O–H groups in total. The SMILES string of the molecule is O=C1c2ccccc2C(=O)c2c(O)c(C(O)c3ccc(Br)s3)cc(O)c21. The smallest absolute Gasteiger partial charge is 0.198 e. The summed E-state index contributed by atoms with van der Waals surface area (Å²) >= 11 is 4.55. The molecule has 0 amide bonds. The van der Waals surface area contributed by atoms with Crippen LogP contribution in [0.15, 0.2) is 46.3 Å². The maximum Gasteiger partial charge on any atom is 0.198 e. The minimum atomic E-state index is -1.25. The second-order valence-electron chi connectivity index (χ2n) is 5.83. The number of ketones is 2. The Morgan fingerprint density at radius 2 is 1.54 bits per heavy atom. The summed E-state index contributed by atoms with van der Waals surface area (Å²) < 4.78 is 0.786. The number of phenols is 2. The number of rotatable bonds is 2. The molecule has 1 atom stereocenters. The molecule has 0 saturated carbocycles. The van der Waals surface area contributed by atoms with Crippen molar-refractivity contribution < 1.29 is 24.9 Å². The predicted molar refractivity (Wildman–Crippen MR) is 99.2 cm³/mol. The first-order valence-electron chi connectivity index (χ1n) is 7.60. The number of hydrogen-bond acceptors (Lipinski definition) is 6. The molecule has 0 aliphatic heterocycles. The molecule has 1 aliphatic carbocycles. The number of aromatic hydroxyl groups is 2. The fraction of sp³-hybridized carbons (Fsp3) is 0.0526. The van der Waals surface area contributed by atoms with Gasteiger partial charge in [-0.05, 0) is 34.1 Å². The Hall–Kier alpha value is -2.48. The first-order valence-corrected chi connectivity index (χ1v) is 9.21. The molecule has 26 heavy (non-hydrogen) atoms. The highest BCUT2D eigenvalue weighted by Gasteiger charge is 2.36. The molecule has 0 radical (unpaired) electrons. The zero-order valence-corrected chi connectivity index (χ0v) is 15.5. The van der Waals surface area contributed by atoms with Gasteiger partial charge in [-0.3, -0.25) is 9.59 Å². The summed E-state index contributed by atoms with van der Waals surface area (Å²) in [6, 6.07) is 10.8. The highest BCUT2D eigenvalue weighted by atomic mass is 79.9. The maximum absolute atomic E-state index is 12.8. The van der Waals surface area contributed by atoms with Crippen molar-refractivity contribution in [2.45, 2.75) is 6.10 Å². The number of carbonyl (C=O) groups excluding carboxylic acids is 2. The molecular weight excluding hydrogens is 420 g/mol. The van der Waals surface area contributed by atoms with E-state index in [0.717, 1.165) is 9.85 Å². The van der Waals surface area contributed by atoms with Crippen molar-refractivity contribution in [3.8, 4) is 11.5 Å². The van der Waals surface area contributed by atoms with Crippen molar-refractivity contribution in [1.29, 1.82) is 0 Å². The monoisotopic (exact) mass is 430 g/mol. The quantitative estimate of drug-likeness (QED) is 0.420. The highest BCUT2D eigenvalue weighted by molar-refractivity contribution is 9.11. The number of phenolic OH excluding ortho intramolecular Hbond substituents is 2. The van der Waals surface area contributed by atoms with Crippen LogP contribution in [0.5, 0.6) is 11.5 Å². The van der Waals surface area contributed by atoms with Crippen molar-refractivity contribution in [3.63, 3.8) is 0 Å². The van der Waals surface area contributed by atoms with Gasteiger partial charge < -0.3 is 15.3 Å². The first kappa shape index (κ1) is 17.0. The summed E-state index contributed by atoms with van der Waals surface area (Å²) in [5, 5.41) is 31.6. The van der Waals surface area contributed by atoms with Gasteiger partial charge in [-0.2, -0.15) is 0 Å². The number of fused-ring (bicyclic) bond motifs is 2. The number of carbonyl (C=O) groups is 2. The molecule has 1 unspecified atom stereocenters. The zero-order valence-electron chi connectivity index (χ0n) is 13.1. The number of aliphatic hydroxyl groups excluding tert-OH is 1. The molecule has 3 aromatic rings. The molecule has 4 rings (SSSR count). The van der Waals surface area contributed by atoms with E-state index in [1.807, 2.05) is 0 Å². The summed E-state index contributed by atoms with van der Waals surface area (Å²) in [7, 11) is 0. The van der Waals surface area contributed by atoms with E-state index in [4.69, 9.17) is 0 Å². The van der Waals surface area contributed by atoms with Gasteiger partial charge in [0.1, 0.15) is 17.6 Å². The highest BCUT2D eigenvalue weighted by Crippen LogP contribution is 2.44. The van der Waals surface area contributed by atoms with Gasteiger partial charge in [0.25, 0.3) is 0 Å². The van der Waals surface area contributed by atoms with Crippen LogP contribution in [0.3, 0.4) is 0 Å². The van der Waals surface area contributed by atoms with Crippen LogP contribution in [-0.2, 0) is 0 Å². The molecular formula is C19H11BrO5S. The third-order valence-electron chi connectivity index (χ3n) is 4.34. The average molecular weight is 431 g/mol. The van der Waals surface area contributed by atoms with Crippen molar-refractivity contribution in [3.05, 3.63) is 78.9 Å². The molecule has 1 heterocycles. The average Bonchev–Trinajstić information content (AvgIpc) is 3.07. The lowest BCUT2D eigenvalue weighted by molar-refractivity contribution is 0.0973. The predicted octanol–water partition coefficient (Wildman–Crippen LogP) is 3.78. The van der Waals surface area contributed by atoms with Gasteiger partial charge in [0.05, 0.1) is 14.9 Å². The molecule has 0 spiro atoms. The van der Waals surface area contributed by atoms with E-state index in [9.17, 15) is 24.9 Å². The number of aliphatic hydroxyl groups is 1. The zero-order chi connectivity index (χ0) is 18.6. The second-order valence-corrected chi connectivity index (χ2v) is 8.33. The molecule has 1 aliphatic rings. The van der Waals surface area contributed by atoms with Gasteiger partial charge in [0.2, 0.25) is 0 Å². The number of hydrogen-bond donors (Lipinski definition) is 3. The number of benzene rings is 2. The first-order chi connectivity index (χ1) is 12.4. The van der Waals surface area contributed by atoms with Gasteiger partial charge in [-0.15, -0.1) is 11.3 Å².